The highest BCUT2D eigenvalue weighted by Crippen LogP contribution is 2.28. The second kappa shape index (κ2) is 5.34. The molecule has 0 saturated carbocycles. The number of nitrogens with zero attached hydrogens (tertiary/aromatic N) is 2. The van der Waals surface area contributed by atoms with Gasteiger partial charge >= 0.3 is 5.69 Å². The molecule has 0 unspecified atom stereocenters. The summed E-state index contributed by atoms with van der Waals surface area (Å²) in [5, 5.41) is 10.9. The van der Waals surface area contributed by atoms with E-state index in [2.05, 4.69) is 4.98 Å². The van der Waals surface area contributed by atoms with Crippen molar-refractivity contribution >= 4 is 11.5 Å². The van der Waals surface area contributed by atoms with Gasteiger partial charge in [0.15, 0.2) is 5.75 Å². The molecule has 0 radical (unpaired) electrons. The van der Waals surface area contributed by atoms with E-state index in [0.717, 1.165) is 5.56 Å². The SMILES string of the molecule is Cc1ccc(OCc2cccc(N)n2)c([N+](=O)[O-])c1. The molecule has 0 aliphatic carbocycles. The van der Waals surface area contributed by atoms with E-state index in [1.807, 2.05) is 0 Å². The molecular formula is C13H13N3O3. The summed E-state index contributed by atoms with van der Waals surface area (Å²) in [6.07, 6.45) is 0. The van der Waals surface area contributed by atoms with Crippen LogP contribution in [0.15, 0.2) is 36.4 Å². The van der Waals surface area contributed by atoms with Crippen molar-refractivity contribution in [2.24, 2.45) is 0 Å². The van der Waals surface area contributed by atoms with Crippen LogP contribution < -0.4 is 10.5 Å². The molecule has 0 saturated heterocycles. The minimum Gasteiger partial charge on any atom is -0.480 e. The maximum Gasteiger partial charge on any atom is 0.311 e. The van der Waals surface area contributed by atoms with Crippen molar-refractivity contribution < 1.29 is 9.66 Å². The smallest absolute Gasteiger partial charge is 0.311 e. The molecule has 6 nitrogen and oxygen atoms in total. The number of nitro groups is 1. The second-order valence-corrected chi connectivity index (χ2v) is 4.07. The van der Waals surface area contributed by atoms with Crippen molar-refractivity contribution in [2.45, 2.75) is 13.5 Å². The number of aryl methyl sites for hydroxylation is 1. The molecule has 19 heavy (non-hydrogen) atoms. The Morgan fingerprint density at radius 1 is 1.37 bits per heavy atom. The Balaban J connectivity index is 2.17. The van der Waals surface area contributed by atoms with Gasteiger partial charge < -0.3 is 10.5 Å². The summed E-state index contributed by atoms with van der Waals surface area (Å²) in [5.74, 6) is 0.610. The molecule has 98 valence electrons. The third-order valence-electron chi connectivity index (χ3n) is 2.51. The summed E-state index contributed by atoms with van der Waals surface area (Å²) in [6, 6.07) is 9.98. The van der Waals surface area contributed by atoms with E-state index in [-0.39, 0.29) is 18.0 Å². The van der Waals surface area contributed by atoms with Crippen molar-refractivity contribution in [1.29, 1.82) is 0 Å². The van der Waals surface area contributed by atoms with Crippen LogP contribution in [0.25, 0.3) is 0 Å². The van der Waals surface area contributed by atoms with Crippen LogP contribution >= 0.6 is 0 Å². The predicted molar refractivity (Wildman–Crippen MR) is 70.8 cm³/mol. The predicted octanol–water partition coefficient (Wildman–Crippen LogP) is 2.46. The van der Waals surface area contributed by atoms with E-state index in [4.69, 9.17) is 10.5 Å². The molecule has 2 aromatic rings. The number of hydrogen-bond acceptors (Lipinski definition) is 5. The summed E-state index contributed by atoms with van der Waals surface area (Å²) < 4.78 is 5.43. The first-order valence-corrected chi connectivity index (χ1v) is 5.65. The van der Waals surface area contributed by atoms with Crippen LogP contribution in [-0.2, 0) is 6.61 Å². The topological polar surface area (TPSA) is 91.3 Å². The molecule has 0 spiro atoms. The molecular weight excluding hydrogens is 246 g/mol. The highest BCUT2D eigenvalue weighted by Gasteiger charge is 2.15. The lowest BCUT2D eigenvalue weighted by Crippen LogP contribution is -2.02. The van der Waals surface area contributed by atoms with Gasteiger partial charge in [-0.2, -0.15) is 0 Å². The third-order valence-corrected chi connectivity index (χ3v) is 2.51. The highest BCUT2D eigenvalue weighted by molar-refractivity contribution is 5.48. The fraction of sp³-hybridized carbons (Fsp3) is 0.154. The van der Waals surface area contributed by atoms with Gasteiger partial charge in [0.25, 0.3) is 0 Å². The number of pyridine rings is 1. The zero-order valence-corrected chi connectivity index (χ0v) is 10.4. The zero-order valence-electron chi connectivity index (χ0n) is 10.4. The zero-order chi connectivity index (χ0) is 13.8. The van der Waals surface area contributed by atoms with Crippen LogP contribution in [0, 0.1) is 17.0 Å². The minimum atomic E-state index is -0.463. The van der Waals surface area contributed by atoms with E-state index in [9.17, 15) is 10.1 Å². The molecule has 1 aromatic heterocycles. The van der Waals surface area contributed by atoms with E-state index >= 15 is 0 Å². The number of aromatic nitrogens is 1. The number of anilines is 1. The second-order valence-electron chi connectivity index (χ2n) is 4.07. The fourth-order valence-electron chi connectivity index (χ4n) is 1.62. The number of nitrogen functional groups attached to an aromatic ring is 1. The molecule has 2 N–H and O–H groups in total. The Labute approximate surface area is 110 Å². The van der Waals surface area contributed by atoms with Gasteiger partial charge in [-0.1, -0.05) is 12.1 Å². The van der Waals surface area contributed by atoms with Gasteiger partial charge in [0.1, 0.15) is 12.4 Å². The third kappa shape index (κ3) is 3.19. The van der Waals surface area contributed by atoms with E-state index < -0.39 is 4.92 Å². The minimum absolute atomic E-state index is 0.0519. The van der Waals surface area contributed by atoms with E-state index in [1.165, 1.54) is 6.07 Å². The highest BCUT2D eigenvalue weighted by atomic mass is 16.6. The Bertz CT molecular complexity index is 614. The number of nitrogens with two attached hydrogens (primary N) is 1. The van der Waals surface area contributed by atoms with Crippen molar-refractivity contribution in [1.82, 2.24) is 4.98 Å². The van der Waals surface area contributed by atoms with Crippen LogP contribution in [0.5, 0.6) is 5.75 Å². The van der Waals surface area contributed by atoms with Gasteiger partial charge in [-0.3, -0.25) is 10.1 Å². The van der Waals surface area contributed by atoms with Gasteiger partial charge in [0, 0.05) is 6.07 Å². The van der Waals surface area contributed by atoms with Crippen LogP contribution in [0.3, 0.4) is 0 Å². The van der Waals surface area contributed by atoms with Crippen molar-refractivity contribution in [2.75, 3.05) is 5.73 Å². The van der Waals surface area contributed by atoms with Crippen molar-refractivity contribution in [3.8, 4) is 5.75 Å². The maximum atomic E-state index is 10.9. The standard InChI is InChI=1S/C13H13N3O3/c1-9-5-6-12(11(7-9)16(17)18)19-8-10-3-2-4-13(14)15-10/h2-7H,8H2,1H3,(H2,14,15). The Kier molecular flexibility index (Phi) is 3.61. The number of benzene rings is 1. The lowest BCUT2D eigenvalue weighted by Gasteiger charge is -2.07. The number of rotatable bonds is 4. The molecule has 1 aromatic carbocycles. The average Bonchev–Trinajstić information content (AvgIpc) is 2.37. The Morgan fingerprint density at radius 2 is 2.16 bits per heavy atom. The molecule has 0 aliphatic rings. The summed E-state index contributed by atoms with van der Waals surface area (Å²) in [6.45, 7) is 1.92. The Morgan fingerprint density at radius 3 is 2.84 bits per heavy atom. The molecule has 6 heteroatoms. The van der Waals surface area contributed by atoms with Crippen molar-refractivity contribution in [3.63, 3.8) is 0 Å². The van der Waals surface area contributed by atoms with Crippen LogP contribution in [-0.4, -0.2) is 9.91 Å². The lowest BCUT2D eigenvalue weighted by molar-refractivity contribution is -0.386. The van der Waals surface area contributed by atoms with Crippen LogP contribution in [0.4, 0.5) is 11.5 Å². The van der Waals surface area contributed by atoms with Gasteiger partial charge in [-0.15, -0.1) is 0 Å². The lowest BCUT2D eigenvalue weighted by atomic mass is 10.2. The number of nitro benzene ring substituents is 1. The number of hydrogen-bond donors (Lipinski definition) is 1. The Hall–Kier alpha value is -2.63. The van der Waals surface area contributed by atoms with E-state index in [1.54, 1.807) is 37.3 Å². The van der Waals surface area contributed by atoms with Crippen LogP contribution in [0.2, 0.25) is 0 Å². The van der Waals surface area contributed by atoms with Gasteiger partial charge in [0.05, 0.1) is 10.6 Å². The summed E-state index contributed by atoms with van der Waals surface area (Å²) in [4.78, 5) is 14.5. The quantitative estimate of drug-likeness (QED) is 0.672. The molecule has 0 atom stereocenters. The summed E-state index contributed by atoms with van der Waals surface area (Å²) in [5.41, 5.74) is 6.93. The summed E-state index contributed by atoms with van der Waals surface area (Å²) >= 11 is 0. The van der Waals surface area contributed by atoms with Gasteiger partial charge in [-0.05, 0) is 30.7 Å². The molecule has 0 amide bonds. The molecule has 0 fully saturated rings. The summed E-state index contributed by atoms with van der Waals surface area (Å²) in [7, 11) is 0. The first-order valence-electron chi connectivity index (χ1n) is 5.65. The van der Waals surface area contributed by atoms with Crippen LogP contribution in [0.1, 0.15) is 11.3 Å². The molecule has 2 rings (SSSR count). The maximum absolute atomic E-state index is 10.9. The first-order chi connectivity index (χ1) is 9.06. The monoisotopic (exact) mass is 259 g/mol. The fourth-order valence-corrected chi connectivity index (χ4v) is 1.62. The normalized spacial score (nSPS) is 10.2. The van der Waals surface area contributed by atoms with Crippen molar-refractivity contribution in [3.05, 3.63) is 57.8 Å². The molecule has 1 heterocycles. The van der Waals surface area contributed by atoms with Gasteiger partial charge in [0.2, 0.25) is 0 Å². The average molecular weight is 259 g/mol. The molecule has 0 bridgehead atoms. The van der Waals surface area contributed by atoms with E-state index in [0.29, 0.717) is 11.5 Å². The first kappa shape index (κ1) is 12.8. The largest absolute Gasteiger partial charge is 0.480 e. The van der Waals surface area contributed by atoms with Gasteiger partial charge in [-0.25, -0.2) is 4.98 Å². The number of ether oxygens (including phenoxy) is 1. The molecule has 0 aliphatic heterocycles.